The molecule has 1 aromatic heterocycles. The number of thiazole rings is 1. The van der Waals surface area contributed by atoms with Gasteiger partial charge in [0.1, 0.15) is 11.6 Å². The number of hydrogen-bond donors (Lipinski definition) is 0. The van der Waals surface area contributed by atoms with E-state index in [4.69, 9.17) is 4.74 Å². The molecule has 13 heavy (non-hydrogen) atoms. The fourth-order valence-corrected chi connectivity index (χ4v) is 2.54. The number of aromatic nitrogens is 1. The van der Waals surface area contributed by atoms with Crippen LogP contribution >= 0.6 is 11.3 Å². The van der Waals surface area contributed by atoms with Crippen molar-refractivity contribution in [1.29, 1.82) is 0 Å². The lowest BCUT2D eigenvalue weighted by atomic mass is 10.4. The number of carbonyl (C=O) groups excluding carboxylic acids is 1. The van der Waals surface area contributed by atoms with Gasteiger partial charge in [0.05, 0.1) is 5.69 Å². The van der Waals surface area contributed by atoms with E-state index in [1.165, 1.54) is 23.9 Å². The molecule has 3 nitrogen and oxygen atoms in total. The summed E-state index contributed by atoms with van der Waals surface area (Å²) in [5.41, 5.74) is 1.21. The summed E-state index contributed by atoms with van der Waals surface area (Å²) >= 11 is 1.68. The maximum absolute atomic E-state index is 10.5. The number of carbonyl (C=O) groups is 1. The normalized spacial score (nSPS) is 14.2. The largest absolute Gasteiger partial charge is 0.458 e. The summed E-state index contributed by atoms with van der Waals surface area (Å²) < 4.78 is 4.87. The number of esters is 1. The molecule has 1 aromatic rings. The summed E-state index contributed by atoms with van der Waals surface area (Å²) in [6, 6.07) is 0. The van der Waals surface area contributed by atoms with E-state index in [1.807, 2.05) is 0 Å². The molecule has 1 aliphatic rings. The highest BCUT2D eigenvalue weighted by Gasteiger charge is 2.16. The third-order valence-corrected chi connectivity index (χ3v) is 3.17. The van der Waals surface area contributed by atoms with Crippen LogP contribution < -0.4 is 0 Å². The van der Waals surface area contributed by atoms with E-state index in [0.717, 1.165) is 17.8 Å². The summed E-state index contributed by atoms with van der Waals surface area (Å²) in [6.45, 7) is 1.76. The van der Waals surface area contributed by atoms with Crippen LogP contribution in [0.4, 0.5) is 0 Å². The number of hydrogen-bond acceptors (Lipinski definition) is 4. The molecule has 0 saturated carbocycles. The Kier molecular flexibility index (Phi) is 2.31. The first kappa shape index (κ1) is 8.69. The van der Waals surface area contributed by atoms with Crippen LogP contribution in [0.25, 0.3) is 0 Å². The SMILES string of the molecule is CC(=O)OCc1nc2c(s1)CCC2. The van der Waals surface area contributed by atoms with Gasteiger partial charge in [0.25, 0.3) is 0 Å². The highest BCUT2D eigenvalue weighted by atomic mass is 32.1. The Morgan fingerprint density at radius 3 is 3.15 bits per heavy atom. The second-order valence-electron chi connectivity index (χ2n) is 3.11. The summed E-state index contributed by atoms with van der Waals surface area (Å²) in [5, 5.41) is 0.930. The summed E-state index contributed by atoms with van der Waals surface area (Å²) in [4.78, 5) is 16.3. The van der Waals surface area contributed by atoms with E-state index in [9.17, 15) is 4.79 Å². The Bertz CT molecular complexity index is 311. The van der Waals surface area contributed by atoms with Gasteiger partial charge in [0, 0.05) is 11.8 Å². The van der Waals surface area contributed by atoms with Gasteiger partial charge in [-0.05, 0) is 19.3 Å². The van der Waals surface area contributed by atoms with E-state index in [2.05, 4.69) is 4.98 Å². The average Bonchev–Trinajstić information content (AvgIpc) is 2.58. The number of nitrogens with zero attached hydrogens (tertiary/aromatic N) is 1. The first-order valence-corrected chi connectivity index (χ1v) is 5.18. The van der Waals surface area contributed by atoms with Crippen molar-refractivity contribution in [2.75, 3.05) is 0 Å². The second-order valence-corrected chi connectivity index (χ2v) is 4.28. The van der Waals surface area contributed by atoms with Gasteiger partial charge in [-0.3, -0.25) is 4.79 Å². The molecule has 0 N–H and O–H groups in total. The van der Waals surface area contributed by atoms with E-state index < -0.39 is 0 Å². The van der Waals surface area contributed by atoms with Crippen molar-refractivity contribution < 1.29 is 9.53 Å². The molecular weight excluding hydrogens is 186 g/mol. The van der Waals surface area contributed by atoms with Crippen LogP contribution in [0.5, 0.6) is 0 Å². The summed E-state index contributed by atoms with van der Waals surface area (Å²) in [7, 11) is 0. The van der Waals surface area contributed by atoms with E-state index in [-0.39, 0.29) is 5.97 Å². The summed E-state index contributed by atoms with van der Waals surface area (Å²) in [6.07, 6.45) is 3.46. The highest BCUT2D eigenvalue weighted by molar-refractivity contribution is 7.11. The molecule has 0 amide bonds. The highest BCUT2D eigenvalue weighted by Crippen LogP contribution is 2.27. The number of ether oxygens (including phenoxy) is 1. The van der Waals surface area contributed by atoms with Crippen molar-refractivity contribution in [2.24, 2.45) is 0 Å². The zero-order valence-electron chi connectivity index (χ0n) is 7.50. The molecule has 0 spiro atoms. The van der Waals surface area contributed by atoms with Gasteiger partial charge in [0.2, 0.25) is 0 Å². The molecule has 2 rings (SSSR count). The predicted molar refractivity (Wildman–Crippen MR) is 49.6 cm³/mol. The van der Waals surface area contributed by atoms with Crippen LogP contribution in [-0.4, -0.2) is 11.0 Å². The molecule has 0 radical (unpaired) electrons. The van der Waals surface area contributed by atoms with E-state index >= 15 is 0 Å². The Hall–Kier alpha value is -0.900. The third kappa shape index (κ3) is 1.88. The zero-order valence-corrected chi connectivity index (χ0v) is 8.32. The smallest absolute Gasteiger partial charge is 0.303 e. The van der Waals surface area contributed by atoms with E-state index in [1.54, 1.807) is 11.3 Å². The van der Waals surface area contributed by atoms with Crippen LogP contribution in [0.15, 0.2) is 0 Å². The van der Waals surface area contributed by atoms with Crippen LogP contribution in [0.1, 0.15) is 28.9 Å². The number of fused-ring (bicyclic) bond motifs is 1. The van der Waals surface area contributed by atoms with Gasteiger partial charge in [-0.25, -0.2) is 4.98 Å². The number of rotatable bonds is 2. The predicted octanol–water partition coefficient (Wildman–Crippen LogP) is 1.69. The molecule has 70 valence electrons. The van der Waals surface area contributed by atoms with Gasteiger partial charge in [0.15, 0.2) is 0 Å². The zero-order chi connectivity index (χ0) is 9.26. The molecule has 0 fully saturated rings. The third-order valence-electron chi connectivity index (χ3n) is 2.04. The van der Waals surface area contributed by atoms with Crippen molar-refractivity contribution in [3.8, 4) is 0 Å². The Balaban J connectivity index is 2.02. The van der Waals surface area contributed by atoms with Crippen LogP contribution in [0.3, 0.4) is 0 Å². The minimum atomic E-state index is -0.240. The Morgan fingerprint density at radius 1 is 1.62 bits per heavy atom. The molecule has 0 aromatic carbocycles. The van der Waals surface area contributed by atoms with Gasteiger partial charge >= 0.3 is 5.97 Å². The van der Waals surface area contributed by atoms with Crippen molar-refractivity contribution in [3.63, 3.8) is 0 Å². The topological polar surface area (TPSA) is 39.2 Å². The average molecular weight is 197 g/mol. The molecule has 0 atom stereocenters. The standard InChI is InChI=1S/C9H11NO2S/c1-6(11)12-5-9-10-7-3-2-4-8(7)13-9/h2-5H2,1H3. The Labute approximate surface area is 80.8 Å². The molecule has 0 saturated heterocycles. The molecule has 0 bridgehead atoms. The van der Waals surface area contributed by atoms with Crippen molar-refractivity contribution in [1.82, 2.24) is 4.98 Å². The van der Waals surface area contributed by atoms with Gasteiger partial charge < -0.3 is 4.74 Å². The van der Waals surface area contributed by atoms with Gasteiger partial charge in [-0.15, -0.1) is 11.3 Å². The van der Waals surface area contributed by atoms with Crippen molar-refractivity contribution >= 4 is 17.3 Å². The second kappa shape index (κ2) is 3.46. The molecule has 1 aliphatic carbocycles. The molecular formula is C9H11NO2S. The minimum absolute atomic E-state index is 0.240. The monoisotopic (exact) mass is 197 g/mol. The van der Waals surface area contributed by atoms with Crippen molar-refractivity contribution in [3.05, 3.63) is 15.6 Å². The Morgan fingerprint density at radius 2 is 2.46 bits per heavy atom. The fourth-order valence-electron chi connectivity index (χ4n) is 1.47. The van der Waals surface area contributed by atoms with Crippen LogP contribution in [0, 0.1) is 0 Å². The van der Waals surface area contributed by atoms with Crippen LogP contribution in [0.2, 0.25) is 0 Å². The lowest BCUT2D eigenvalue weighted by Crippen LogP contribution is -1.98. The maximum atomic E-state index is 10.5. The van der Waals surface area contributed by atoms with Crippen LogP contribution in [-0.2, 0) is 29.0 Å². The van der Waals surface area contributed by atoms with Crippen molar-refractivity contribution in [2.45, 2.75) is 32.8 Å². The summed E-state index contributed by atoms with van der Waals surface area (Å²) in [5.74, 6) is -0.240. The molecule has 0 unspecified atom stereocenters. The molecule has 4 heteroatoms. The minimum Gasteiger partial charge on any atom is -0.458 e. The maximum Gasteiger partial charge on any atom is 0.303 e. The van der Waals surface area contributed by atoms with Gasteiger partial charge in [-0.2, -0.15) is 0 Å². The molecule has 1 heterocycles. The lowest BCUT2D eigenvalue weighted by Gasteiger charge is -1.96. The lowest BCUT2D eigenvalue weighted by molar-refractivity contribution is -0.142. The first-order valence-electron chi connectivity index (χ1n) is 4.36. The quantitative estimate of drug-likeness (QED) is 0.677. The van der Waals surface area contributed by atoms with Gasteiger partial charge in [-0.1, -0.05) is 0 Å². The number of aryl methyl sites for hydroxylation is 2. The molecule has 0 aliphatic heterocycles. The first-order chi connectivity index (χ1) is 6.25. The van der Waals surface area contributed by atoms with E-state index in [0.29, 0.717) is 6.61 Å². The fraction of sp³-hybridized carbons (Fsp3) is 0.556.